The van der Waals surface area contributed by atoms with Crippen molar-refractivity contribution in [1.82, 2.24) is 0 Å². The summed E-state index contributed by atoms with van der Waals surface area (Å²) in [5.74, 6) is 0.438. The molecule has 1 aliphatic rings. The summed E-state index contributed by atoms with van der Waals surface area (Å²) in [5.41, 5.74) is 0.719. The van der Waals surface area contributed by atoms with Gasteiger partial charge in [0.05, 0.1) is 18.6 Å². The van der Waals surface area contributed by atoms with Crippen LogP contribution >= 0.6 is 0 Å². The molecular formula is C19H17NO3. The maximum atomic E-state index is 12.5. The highest BCUT2D eigenvalue weighted by Crippen LogP contribution is 2.44. The average Bonchev–Trinajstić information content (AvgIpc) is 2.55. The Hall–Kier alpha value is -2.80. The number of para-hydroxylation sites is 1. The maximum Gasteiger partial charge on any atom is 0.347 e. The third-order valence-corrected chi connectivity index (χ3v) is 4.35. The first-order valence-electron chi connectivity index (χ1n) is 7.55. The standard InChI is InChI=1S/C19H17NO3/c1-22-17-9-8-14(19(13-20)10-5-11-19)12-16(17)18(21)23-15-6-3-2-4-7-15/h2-4,6-9,12H,5,10-11H2,1H3. The fourth-order valence-corrected chi connectivity index (χ4v) is 2.81. The fourth-order valence-electron chi connectivity index (χ4n) is 2.81. The van der Waals surface area contributed by atoms with Crippen molar-refractivity contribution < 1.29 is 14.3 Å². The van der Waals surface area contributed by atoms with Crippen LogP contribution in [0.15, 0.2) is 48.5 Å². The Morgan fingerprint density at radius 2 is 1.91 bits per heavy atom. The largest absolute Gasteiger partial charge is 0.496 e. The number of nitriles is 1. The van der Waals surface area contributed by atoms with Crippen molar-refractivity contribution in [1.29, 1.82) is 5.26 Å². The molecule has 0 unspecified atom stereocenters. The molecule has 4 nitrogen and oxygen atoms in total. The van der Waals surface area contributed by atoms with E-state index in [9.17, 15) is 10.1 Å². The van der Waals surface area contributed by atoms with Crippen molar-refractivity contribution in [2.75, 3.05) is 7.11 Å². The van der Waals surface area contributed by atoms with Gasteiger partial charge in [0.15, 0.2) is 0 Å². The lowest BCUT2D eigenvalue weighted by Gasteiger charge is -2.35. The fraction of sp³-hybridized carbons (Fsp3) is 0.263. The summed E-state index contributed by atoms with van der Waals surface area (Å²) in [7, 11) is 1.51. The summed E-state index contributed by atoms with van der Waals surface area (Å²) in [4.78, 5) is 12.5. The van der Waals surface area contributed by atoms with E-state index >= 15 is 0 Å². The van der Waals surface area contributed by atoms with Gasteiger partial charge in [0.2, 0.25) is 0 Å². The summed E-state index contributed by atoms with van der Waals surface area (Å²) in [6.07, 6.45) is 2.68. The number of nitrogens with zero attached hydrogens (tertiary/aromatic N) is 1. The first-order valence-corrected chi connectivity index (χ1v) is 7.55. The van der Waals surface area contributed by atoms with Gasteiger partial charge in [-0.3, -0.25) is 0 Å². The van der Waals surface area contributed by atoms with Gasteiger partial charge in [0, 0.05) is 0 Å². The van der Waals surface area contributed by atoms with Crippen LogP contribution in [0.2, 0.25) is 0 Å². The SMILES string of the molecule is COc1ccc(C2(C#N)CCC2)cc1C(=O)Oc1ccccc1. The minimum atomic E-state index is -0.484. The Balaban J connectivity index is 1.94. The lowest BCUT2D eigenvalue weighted by atomic mass is 9.65. The molecular weight excluding hydrogens is 290 g/mol. The van der Waals surface area contributed by atoms with Crippen molar-refractivity contribution in [3.05, 3.63) is 59.7 Å². The minimum Gasteiger partial charge on any atom is -0.496 e. The van der Waals surface area contributed by atoms with Crippen LogP contribution in [0, 0.1) is 11.3 Å². The van der Waals surface area contributed by atoms with E-state index in [4.69, 9.17) is 9.47 Å². The molecule has 116 valence electrons. The first-order chi connectivity index (χ1) is 11.2. The van der Waals surface area contributed by atoms with Gasteiger partial charge in [0.1, 0.15) is 17.1 Å². The molecule has 0 bridgehead atoms. The third kappa shape index (κ3) is 2.78. The molecule has 0 saturated heterocycles. The Morgan fingerprint density at radius 1 is 1.17 bits per heavy atom. The molecule has 0 aromatic heterocycles. The van der Waals surface area contributed by atoms with Crippen molar-refractivity contribution >= 4 is 5.97 Å². The van der Waals surface area contributed by atoms with Gasteiger partial charge in [-0.25, -0.2) is 4.79 Å². The molecule has 0 radical (unpaired) electrons. The summed E-state index contributed by atoms with van der Waals surface area (Å²) in [5, 5.41) is 9.48. The van der Waals surface area contributed by atoms with Crippen molar-refractivity contribution in [2.45, 2.75) is 24.7 Å². The van der Waals surface area contributed by atoms with E-state index in [2.05, 4.69) is 6.07 Å². The lowest BCUT2D eigenvalue weighted by molar-refractivity contribution is 0.0731. The zero-order valence-corrected chi connectivity index (χ0v) is 12.9. The van der Waals surface area contributed by atoms with E-state index in [0.717, 1.165) is 24.8 Å². The number of rotatable bonds is 4. The monoisotopic (exact) mass is 307 g/mol. The Bertz CT molecular complexity index is 758. The Labute approximate surface area is 135 Å². The van der Waals surface area contributed by atoms with Gasteiger partial charge in [-0.15, -0.1) is 0 Å². The quantitative estimate of drug-likeness (QED) is 0.635. The molecule has 0 N–H and O–H groups in total. The summed E-state index contributed by atoms with van der Waals surface area (Å²) in [6.45, 7) is 0. The van der Waals surface area contributed by atoms with Gasteiger partial charge in [-0.2, -0.15) is 5.26 Å². The molecule has 0 aliphatic heterocycles. The van der Waals surface area contributed by atoms with Crippen molar-refractivity contribution in [3.63, 3.8) is 0 Å². The highest BCUT2D eigenvalue weighted by atomic mass is 16.5. The van der Waals surface area contributed by atoms with Crippen LogP contribution in [0.4, 0.5) is 0 Å². The second-order valence-corrected chi connectivity index (χ2v) is 5.67. The van der Waals surface area contributed by atoms with E-state index in [1.54, 1.807) is 36.4 Å². The summed E-state index contributed by atoms with van der Waals surface area (Å²) < 4.78 is 10.7. The molecule has 0 amide bonds. The number of hydrogen-bond acceptors (Lipinski definition) is 4. The number of hydrogen-bond donors (Lipinski definition) is 0. The second-order valence-electron chi connectivity index (χ2n) is 5.67. The van der Waals surface area contributed by atoms with E-state index in [1.165, 1.54) is 7.11 Å². The van der Waals surface area contributed by atoms with E-state index < -0.39 is 11.4 Å². The Morgan fingerprint density at radius 3 is 2.48 bits per heavy atom. The predicted octanol–water partition coefficient (Wildman–Crippen LogP) is 3.86. The van der Waals surface area contributed by atoms with Gasteiger partial charge in [-0.1, -0.05) is 24.3 Å². The zero-order valence-electron chi connectivity index (χ0n) is 12.9. The highest BCUT2D eigenvalue weighted by Gasteiger charge is 2.39. The van der Waals surface area contributed by atoms with Crippen molar-refractivity contribution in [3.8, 4) is 17.6 Å². The first kappa shape index (κ1) is 15.1. The summed E-state index contributed by atoms with van der Waals surface area (Å²) >= 11 is 0. The van der Waals surface area contributed by atoms with Crippen LogP contribution in [0.3, 0.4) is 0 Å². The lowest BCUT2D eigenvalue weighted by Crippen LogP contribution is -2.32. The molecule has 3 rings (SSSR count). The number of carbonyl (C=O) groups excluding carboxylic acids is 1. The van der Waals surface area contributed by atoms with Crippen LogP contribution in [-0.2, 0) is 5.41 Å². The highest BCUT2D eigenvalue weighted by molar-refractivity contribution is 5.94. The van der Waals surface area contributed by atoms with Crippen LogP contribution in [0.5, 0.6) is 11.5 Å². The second kappa shape index (κ2) is 6.13. The average molecular weight is 307 g/mol. The third-order valence-electron chi connectivity index (χ3n) is 4.35. The molecule has 23 heavy (non-hydrogen) atoms. The van der Waals surface area contributed by atoms with E-state index in [0.29, 0.717) is 17.1 Å². The van der Waals surface area contributed by atoms with E-state index in [-0.39, 0.29) is 0 Å². The maximum absolute atomic E-state index is 12.5. The number of carbonyl (C=O) groups is 1. The molecule has 0 heterocycles. The molecule has 4 heteroatoms. The molecule has 2 aromatic rings. The minimum absolute atomic E-state index is 0.343. The molecule has 2 aromatic carbocycles. The van der Waals surface area contributed by atoms with Gasteiger partial charge in [0.25, 0.3) is 0 Å². The van der Waals surface area contributed by atoms with Gasteiger partial charge < -0.3 is 9.47 Å². The predicted molar refractivity (Wildman–Crippen MR) is 85.5 cm³/mol. The van der Waals surface area contributed by atoms with Crippen LogP contribution in [0.1, 0.15) is 35.2 Å². The number of esters is 1. The number of methoxy groups -OCH3 is 1. The molecule has 0 spiro atoms. The topological polar surface area (TPSA) is 59.3 Å². The van der Waals surface area contributed by atoms with Gasteiger partial charge >= 0.3 is 5.97 Å². The molecule has 1 saturated carbocycles. The molecule has 1 aliphatic carbocycles. The Kier molecular flexibility index (Phi) is 4.03. The smallest absolute Gasteiger partial charge is 0.347 e. The molecule has 0 atom stereocenters. The van der Waals surface area contributed by atoms with E-state index in [1.807, 2.05) is 12.1 Å². The normalized spacial score (nSPS) is 15.1. The van der Waals surface area contributed by atoms with Crippen LogP contribution < -0.4 is 9.47 Å². The van der Waals surface area contributed by atoms with Crippen molar-refractivity contribution in [2.24, 2.45) is 0 Å². The summed E-state index contributed by atoms with van der Waals surface area (Å²) in [6, 6.07) is 16.6. The molecule has 1 fully saturated rings. The van der Waals surface area contributed by atoms with Crippen LogP contribution in [0.25, 0.3) is 0 Å². The van der Waals surface area contributed by atoms with Gasteiger partial charge in [-0.05, 0) is 49.1 Å². The number of ether oxygens (including phenoxy) is 2. The zero-order chi connectivity index (χ0) is 16.3. The number of benzene rings is 2. The van der Waals surface area contributed by atoms with Crippen LogP contribution in [-0.4, -0.2) is 13.1 Å².